The molecule has 1 aromatic carbocycles. The predicted molar refractivity (Wildman–Crippen MR) is 70.2 cm³/mol. The second kappa shape index (κ2) is 3.99. The lowest BCUT2D eigenvalue weighted by molar-refractivity contribution is 0.328. The first-order chi connectivity index (χ1) is 7.88. The van der Waals surface area contributed by atoms with Gasteiger partial charge in [0.25, 0.3) is 0 Å². The second-order valence-electron chi connectivity index (χ2n) is 5.65. The molecular formula is C14H18N2O. The Kier molecular flexibility index (Phi) is 2.77. The molecule has 0 radical (unpaired) electrons. The quantitative estimate of drug-likeness (QED) is 0.755. The molecule has 17 heavy (non-hydrogen) atoms. The van der Waals surface area contributed by atoms with Crippen LogP contribution in [0, 0.1) is 12.3 Å². The third kappa shape index (κ3) is 2.38. The third-order valence-electron chi connectivity index (χ3n) is 2.65. The molecule has 0 amide bonds. The second-order valence-corrected chi connectivity index (χ2v) is 5.65. The largest absolute Gasteiger partial charge is 0.287 e. The number of hydrogen-bond donors (Lipinski definition) is 0. The van der Waals surface area contributed by atoms with Gasteiger partial charge < -0.3 is 0 Å². The molecule has 2 aromatic rings. The average Bonchev–Trinajstić information content (AvgIpc) is 2.24. The van der Waals surface area contributed by atoms with Gasteiger partial charge in [0.1, 0.15) is 5.69 Å². The van der Waals surface area contributed by atoms with Gasteiger partial charge in [0.15, 0.2) is 0 Å². The standard InChI is InChI=1S/C14H18N2O/c1-10-13(17)11-7-5-6-8-12(11)16(15-10)9-14(2,3)4/h5-8H,9H2,1-4H3. The molecule has 0 saturated carbocycles. The van der Waals surface area contributed by atoms with Crippen molar-refractivity contribution in [2.24, 2.45) is 5.41 Å². The van der Waals surface area contributed by atoms with Crippen LogP contribution in [0.1, 0.15) is 26.5 Å². The summed E-state index contributed by atoms with van der Waals surface area (Å²) in [4.78, 5) is 12.0. The van der Waals surface area contributed by atoms with Crippen LogP contribution in [0.3, 0.4) is 0 Å². The Balaban J connectivity index is 2.72. The van der Waals surface area contributed by atoms with Crippen LogP contribution in [0.2, 0.25) is 0 Å². The van der Waals surface area contributed by atoms with E-state index in [1.54, 1.807) is 6.92 Å². The van der Waals surface area contributed by atoms with Crippen molar-refractivity contribution in [2.75, 3.05) is 0 Å². The maximum absolute atomic E-state index is 12.0. The first-order valence-electron chi connectivity index (χ1n) is 5.85. The lowest BCUT2D eigenvalue weighted by Gasteiger charge is -2.21. The Morgan fingerprint density at radius 2 is 1.88 bits per heavy atom. The van der Waals surface area contributed by atoms with E-state index in [0.29, 0.717) is 5.69 Å². The lowest BCUT2D eigenvalue weighted by Crippen LogP contribution is -2.22. The monoisotopic (exact) mass is 230 g/mol. The summed E-state index contributed by atoms with van der Waals surface area (Å²) in [5.41, 5.74) is 1.65. The minimum Gasteiger partial charge on any atom is -0.287 e. The van der Waals surface area contributed by atoms with Gasteiger partial charge in [-0.25, -0.2) is 0 Å². The lowest BCUT2D eigenvalue weighted by atomic mass is 9.97. The van der Waals surface area contributed by atoms with Crippen LogP contribution < -0.4 is 5.43 Å². The first kappa shape index (κ1) is 11.8. The van der Waals surface area contributed by atoms with Gasteiger partial charge >= 0.3 is 0 Å². The Hall–Kier alpha value is -1.64. The van der Waals surface area contributed by atoms with Crippen molar-refractivity contribution in [3.8, 4) is 0 Å². The van der Waals surface area contributed by atoms with Crippen molar-refractivity contribution < 1.29 is 0 Å². The highest BCUT2D eigenvalue weighted by Crippen LogP contribution is 2.18. The van der Waals surface area contributed by atoms with E-state index in [1.807, 2.05) is 28.9 Å². The van der Waals surface area contributed by atoms with Crippen molar-refractivity contribution in [3.05, 3.63) is 40.2 Å². The van der Waals surface area contributed by atoms with Crippen LogP contribution in [-0.4, -0.2) is 9.78 Å². The van der Waals surface area contributed by atoms with Crippen molar-refractivity contribution in [3.63, 3.8) is 0 Å². The van der Waals surface area contributed by atoms with Crippen molar-refractivity contribution in [1.82, 2.24) is 9.78 Å². The number of para-hydroxylation sites is 1. The number of nitrogens with zero attached hydrogens (tertiary/aromatic N) is 2. The highest BCUT2D eigenvalue weighted by molar-refractivity contribution is 5.78. The van der Waals surface area contributed by atoms with Gasteiger partial charge in [0.2, 0.25) is 5.43 Å². The number of fused-ring (bicyclic) bond motifs is 1. The zero-order chi connectivity index (χ0) is 12.6. The van der Waals surface area contributed by atoms with Gasteiger partial charge in [0, 0.05) is 11.9 Å². The van der Waals surface area contributed by atoms with Crippen molar-refractivity contribution in [1.29, 1.82) is 0 Å². The molecular weight excluding hydrogens is 212 g/mol. The number of hydrogen-bond acceptors (Lipinski definition) is 2. The smallest absolute Gasteiger partial charge is 0.210 e. The van der Waals surface area contributed by atoms with E-state index in [-0.39, 0.29) is 10.8 Å². The van der Waals surface area contributed by atoms with Gasteiger partial charge in [-0.15, -0.1) is 0 Å². The molecule has 2 rings (SSSR count). The van der Waals surface area contributed by atoms with E-state index >= 15 is 0 Å². The molecule has 0 aliphatic heterocycles. The van der Waals surface area contributed by atoms with Gasteiger partial charge in [0.05, 0.1) is 5.52 Å². The summed E-state index contributed by atoms with van der Waals surface area (Å²) in [5.74, 6) is 0. The van der Waals surface area contributed by atoms with E-state index in [1.165, 1.54) is 0 Å². The minimum absolute atomic E-state index is 0.0331. The molecule has 0 atom stereocenters. The number of aromatic nitrogens is 2. The summed E-state index contributed by atoms with van der Waals surface area (Å²) in [6, 6.07) is 7.66. The summed E-state index contributed by atoms with van der Waals surface area (Å²) >= 11 is 0. The summed E-state index contributed by atoms with van der Waals surface area (Å²) in [6.07, 6.45) is 0. The number of benzene rings is 1. The molecule has 3 nitrogen and oxygen atoms in total. The summed E-state index contributed by atoms with van der Waals surface area (Å²) < 4.78 is 1.94. The summed E-state index contributed by atoms with van der Waals surface area (Å²) in [6.45, 7) is 9.06. The normalized spacial score (nSPS) is 12.0. The maximum Gasteiger partial charge on any atom is 0.210 e. The van der Waals surface area contributed by atoms with Crippen LogP contribution >= 0.6 is 0 Å². The van der Waals surface area contributed by atoms with Crippen molar-refractivity contribution >= 4 is 10.9 Å². The first-order valence-corrected chi connectivity index (χ1v) is 5.85. The fourth-order valence-corrected chi connectivity index (χ4v) is 1.94. The molecule has 3 heteroatoms. The molecule has 0 aliphatic carbocycles. The molecule has 0 bridgehead atoms. The summed E-state index contributed by atoms with van der Waals surface area (Å²) in [5, 5.41) is 5.14. The van der Waals surface area contributed by atoms with Crippen LogP contribution in [-0.2, 0) is 6.54 Å². The van der Waals surface area contributed by atoms with E-state index in [4.69, 9.17) is 0 Å². The molecule has 0 N–H and O–H groups in total. The fourth-order valence-electron chi connectivity index (χ4n) is 1.94. The van der Waals surface area contributed by atoms with Crippen LogP contribution in [0.4, 0.5) is 0 Å². The molecule has 0 unspecified atom stereocenters. The minimum atomic E-state index is 0.0331. The van der Waals surface area contributed by atoms with Crippen LogP contribution in [0.15, 0.2) is 29.1 Å². The zero-order valence-electron chi connectivity index (χ0n) is 10.8. The topological polar surface area (TPSA) is 34.9 Å². The zero-order valence-corrected chi connectivity index (χ0v) is 10.8. The number of aryl methyl sites for hydroxylation is 1. The number of rotatable bonds is 1. The van der Waals surface area contributed by atoms with E-state index in [9.17, 15) is 4.79 Å². The van der Waals surface area contributed by atoms with Gasteiger partial charge in [-0.2, -0.15) is 5.10 Å². The maximum atomic E-state index is 12.0. The molecule has 1 heterocycles. The Morgan fingerprint density at radius 3 is 2.53 bits per heavy atom. The van der Waals surface area contributed by atoms with Crippen LogP contribution in [0.25, 0.3) is 10.9 Å². The Morgan fingerprint density at radius 1 is 1.24 bits per heavy atom. The molecule has 90 valence electrons. The highest BCUT2D eigenvalue weighted by atomic mass is 16.1. The Bertz CT molecular complexity index is 606. The van der Waals surface area contributed by atoms with E-state index in [2.05, 4.69) is 25.9 Å². The Labute approximate surface area is 101 Å². The van der Waals surface area contributed by atoms with E-state index < -0.39 is 0 Å². The van der Waals surface area contributed by atoms with Gasteiger partial charge in [-0.3, -0.25) is 9.48 Å². The van der Waals surface area contributed by atoms with Gasteiger partial charge in [-0.05, 0) is 24.5 Å². The van der Waals surface area contributed by atoms with Crippen molar-refractivity contribution in [2.45, 2.75) is 34.2 Å². The third-order valence-corrected chi connectivity index (χ3v) is 2.65. The molecule has 1 aromatic heterocycles. The highest BCUT2D eigenvalue weighted by Gasteiger charge is 2.14. The van der Waals surface area contributed by atoms with Gasteiger partial charge in [-0.1, -0.05) is 32.9 Å². The van der Waals surface area contributed by atoms with Crippen LogP contribution in [0.5, 0.6) is 0 Å². The molecule has 0 aliphatic rings. The summed E-state index contributed by atoms with van der Waals surface area (Å²) in [7, 11) is 0. The predicted octanol–water partition coefficient (Wildman–Crippen LogP) is 2.75. The average molecular weight is 230 g/mol. The molecule has 0 spiro atoms. The van der Waals surface area contributed by atoms with E-state index in [0.717, 1.165) is 17.4 Å². The molecule has 0 fully saturated rings. The SMILES string of the molecule is Cc1nn(CC(C)(C)C)c2ccccc2c1=O. The fraction of sp³-hybridized carbons (Fsp3) is 0.429. The molecule has 0 saturated heterocycles.